The minimum Gasteiger partial charge on any atom is -0.261 e. The molecule has 18 heavy (non-hydrogen) atoms. The summed E-state index contributed by atoms with van der Waals surface area (Å²) >= 11 is 3.41. The molecular formula is C15H25BrN2. The highest BCUT2D eigenvalue weighted by molar-refractivity contribution is 9.10. The Morgan fingerprint density at radius 2 is 1.89 bits per heavy atom. The molecule has 0 aliphatic heterocycles. The topological polar surface area (TPSA) is 25.2 Å². The molecule has 1 aromatic heterocycles. The van der Waals surface area contributed by atoms with E-state index in [-0.39, 0.29) is 0 Å². The van der Waals surface area contributed by atoms with Crippen molar-refractivity contribution in [2.45, 2.75) is 60.3 Å². The molecule has 0 amide bonds. The fraction of sp³-hybridized carbons (Fsp3) is 0.600. The largest absolute Gasteiger partial charge is 0.261 e. The van der Waals surface area contributed by atoms with E-state index in [1.807, 2.05) is 12.3 Å². The summed E-state index contributed by atoms with van der Waals surface area (Å²) in [7, 11) is 0. The Labute approximate surface area is 120 Å². The number of aromatic nitrogens is 1. The summed E-state index contributed by atoms with van der Waals surface area (Å²) in [5.41, 5.74) is 3.34. The molecule has 1 heterocycles. The Bertz CT molecular complexity index is 373. The molecule has 2 nitrogen and oxygen atoms in total. The molecule has 0 unspecified atom stereocenters. The van der Waals surface area contributed by atoms with Gasteiger partial charge in [0.1, 0.15) is 4.60 Å². The van der Waals surface area contributed by atoms with Gasteiger partial charge in [-0.1, -0.05) is 40.5 Å². The summed E-state index contributed by atoms with van der Waals surface area (Å²) in [6, 6.07) is 1.97. The van der Waals surface area contributed by atoms with Gasteiger partial charge in [-0.25, -0.2) is 4.98 Å². The van der Waals surface area contributed by atoms with Crippen molar-refractivity contribution >= 4 is 27.8 Å². The number of unbranched alkanes of at least 4 members (excludes halogenated alkanes) is 1. The molecule has 0 aliphatic carbocycles. The second-order valence-electron chi connectivity index (χ2n) is 4.20. The van der Waals surface area contributed by atoms with Gasteiger partial charge in [0.15, 0.2) is 0 Å². The predicted molar refractivity (Wildman–Crippen MR) is 85.1 cm³/mol. The van der Waals surface area contributed by atoms with Crippen molar-refractivity contribution in [3.05, 3.63) is 21.9 Å². The van der Waals surface area contributed by atoms with E-state index >= 15 is 0 Å². The zero-order valence-corrected chi connectivity index (χ0v) is 13.8. The Morgan fingerprint density at radius 3 is 2.39 bits per heavy atom. The quantitative estimate of drug-likeness (QED) is 0.522. The first-order chi connectivity index (χ1) is 8.60. The third-order valence-electron chi connectivity index (χ3n) is 2.30. The standard InChI is InChI=1S/C12H17BrN2.C3H8/c1-4-6-7-14-11-8-12(13)15-10(5-2)9(11)3;1-3-2/h7-8H,4-6H2,1-3H3;3H2,1-2H3. The van der Waals surface area contributed by atoms with Gasteiger partial charge in [0.05, 0.1) is 5.69 Å². The molecule has 0 bridgehead atoms. The Morgan fingerprint density at radius 1 is 1.28 bits per heavy atom. The molecule has 102 valence electrons. The van der Waals surface area contributed by atoms with Crippen molar-refractivity contribution in [1.82, 2.24) is 4.98 Å². The lowest BCUT2D eigenvalue weighted by molar-refractivity contribution is 0.989. The van der Waals surface area contributed by atoms with Gasteiger partial charge in [0.2, 0.25) is 0 Å². The van der Waals surface area contributed by atoms with Crippen LogP contribution in [0.25, 0.3) is 0 Å². The van der Waals surface area contributed by atoms with Gasteiger partial charge in [-0.15, -0.1) is 0 Å². The van der Waals surface area contributed by atoms with Crippen LogP contribution >= 0.6 is 15.9 Å². The Hall–Kier alpha value is -0.700. The van der Waals surface area contributed by atoms with Gasteiger partial charge >= 0.3 is 0 Å². The first-order valence-electron chi connectivity index (χ1n) is 6.79. The summed E-state index contributed by atoms with van der Waals surface area (Å²) in [6.45, 7) is 10.6. The highest BCUT2D eigenvalue weighted by atomic mass is 79.9. The number of nitrogens with zero attached hydrogens (tertiary/aromatic N) is 2. The van der Waals surface area contributed by atoms with Crippen LogP contribution in [0.4, 0.5) is 5.69 Å². The van der Waals surface area contributed by atoms with E-state index in [4.69, 9.17) is 0 Å². The van der Waals surface area contributed by atoms with Crippen molar-refractivity contribution in [3.63, 3.8) is 0 Å². The SMILES string of the molecule is CCC.CCCC=Nc1cc(Br)nc(CC)c1C. The van der Waals surface area contributed by atoms with E-state index in [1.54, 1.807) is 0 Å². The van der Waals surface area contributed by atoms with Gasteiger partial charge in [-0.2, -0.15) is 0 Å². The number of hydrogen-bond acceptors (Lipinski definition) is 2. The van der Waals surface area contributed by atoms with Crippen LogP contribution in [0.2, 0.25) is 0 Å². The third kappa shape index (κ3) is 6.29. The molecule has 0 spiro atoms. The summed E-state index contributed by atoms with van der Waals surface area (Å²) in [5.74, 6) is 0. The van der Waals surface area contributed by atoms with Crippen LogP contribution in [-0.4, -0.2) is 11.2 Å². The maximum atomic E-state index is 4.47. The van der Waals surface area contributed by atoms with Crippen molar-refractivity contribution in [2.24, 2.45) is 4.99 Å². The van der Waals surface area contributed by atoms with Crippen LogP contribution in [0, 0.1) is 6.92 Å². The maximum Gasteiger partial charge on any atom is 0.108 e. The molecule has 0 aromatic carbocycles. The summed E-state index contributed by atoms with van der Waals surface area (Å²) in [4.78, 5) is 8.89. The van der Waals surface area contributed by atoms with Crippen molar-refractivity contribution in [3.8, 4) is 0 Å². The third-order valence-corrected chi connectivity index (χ3v) is 2.70. The van der Waals surface area contributed by atoms with Crippen molar-refractivity contribution in [2.75, 3.05) is 0 Å². The Balaban J connectivity index is 0.000000873. The molecular weight excluding hydrogens is 288 g/mol. The molecule has 0 saturated heterocycles. The average Bonchev–Trinajstić information content (AvgIpc) is 2.34. The summed E-state index contributed by atoms with van der Waals surface area (Å²) < 4.78 is 0.869. The van der Waals surface area contributed by atoms with Crippen LogP contribution in [0.5, 0.6) is 0 Å². The second-order valence-corrected chi connectivity index (χ2v) is 5.01. The normalized spacial score (nSPS) is 10.3. The van der Waals surface area contributed by atoms with E-state index in [9.17, 15) is 0 Å². The van der Waals surface area contributed by atoms with E-state index in [1.165, 1.54) is 12.0 Å². The fourth-order valence-electron chi connectivity index (χ4n) is 1.38. The minimum absolute atomic E-state index is 0.869. The molecule has 0 fully saturated rings. The highest BCUT2D eigenvalue weighted by Crippen LogP contribution is 2.24. The number of pyridine rings is 1. The molecule has 0 N–H and O–H groups in total. The van der Waals surface area contributed by atoms with Gasteiger partial charge in [0.25, 0.3) is 0 Å². The number of rotatable bonds is 4. The zero-order valence-electron chi connectivity index (χ0n) is 12.3. The van der Waals surface area contributed by atoms with Gasteiger partial charge in [-0.3, -0.25) is 4.99 Å². The number of aliphatic imine (C=N–C) groups is 1. The zero-order chi connectivity index (χ0) is 14.0. The molecule has 1 aromatic rings. The van der Waals surface area contributed by atoms with Gasteiger partial charge in [0, 0.05) is 11.9 Å². The lowest BCUT2D eigenvalue weighted by atomic mass is 10.1. The maximum absolute atomic E-state index is 4.47. The van der Waals surface area contributed by atoms with Gasteiger partial charge < -0.3 is 0 Å². The van der Waals surface area contributed by atoms with E-state index in [0.717, 1.165) is 35.2 Å². The van der Waals surface area contributed by atoms with E-state index in [2.05, 4.69) is 60.5 Å². The molecule has 0 radical (unpaired) electrons. The molecule has 0 saturated carbocycles. The van der Waals surface area contributed by atoms with Crippen molar-refractivity contribution in [1.29, 1.82) is 0 Å². The first-order valence-corrected chi connectivity index (χ1v) is 7.58. The van der Waals surface area contributed by atoms with Crippen molar-refractivity contribution < 1.29 is 0 Å². The van der Waals surface area contributed by atoms with Crippen LogP contribution in [0.3, 0.4) is 0 Å². The molecule has 0 aliphatic rings. The molecule has 3 heteroatoms. The first kappa shape index (κ1) is 17.3. The monoisotopic (exact) mass is 312 g/mol. The molecule has 1 rings (SSSR count). The van der Waals surface area contributed by atoms with Crippen LogP contribution in [-0.2, 0) is 6.42 Å². The summed E-state index contributed by atoms with van der Waals surface area (Å²) in [5, 5.41) is 0. The minimum atomic E-state index is 0.869. The fourth-order valence-corrected chi connectivity index (χ4v) is 1.82. The Kier molecular flexibility index (Phi) is 9.85. The number of aryl methyl sites for hydroxylation is 1. The second kappa shape index (κ2) is 10.2. The number of halogens is 1. The highest BCUT2D eigenvalue weighted by Gasteiger charge is 2.04. The van der Waals surface area contributed by atoms with Crippen LogP contribution in [0.15, 0.2) is 15.7 Å². The van der Waals surface area contributed by atoms with Crippen LogP contribution < -0.4 is 0 Å². The molecule has 0 atom stereocenters. The average molecular weight is 313 g/mol. The van der Waals surface area contributed by atoms with E-state index < -0.39 is 0 Å². The summed E-state index contributed by atoms with van der Waals surface area (Å²) in [6.07, 6.45) is 6.34. The van der Waals surface area contributed by atoms with Crippen LogP contribution in [0.1, 0.15) is 58.2 Å². The smallest absolute Gasteiger partial charge is 0.108 e. The van der Waals surface area contributed by atoms with Gasteiger partial charge in [-0.05, 0) is 47.3 Å². The predicted octanol–water partition coefficient (Wildman–Crippen LogP) is 5.63. The lowest BCUT2D eigenvalue weighted by Gasteiger charge is -2.06. The van der Waals surface area contributed by atoms with E-state index in [0.29, 0.717) is 0 Å². The lowest BCUT2D eigenvalue weighted by Crippen LogP contribution is -1.93. The number of hydrogen-bond donors (Lipinski definition) is 0.